The minimum atomic E-state index is -0.298. The molecule has 0 spiro atoms. The van der Waals surface area contributed by atoms with Gasteiger partial charge in [-0.1, -0.05) is 17.4 Å². The lowest BCUT2D eigenvalue weighted by atomic mass is 10.3. The molecule has 0 atom stereocenters. The maximum atomic E-state index is 13.9. The van der Waals surface area contributed by atoms with Crippen molar-refractivity contribution in [3.05, 3.63) is 48.3 Å². The van der Waals surface area contributed by atoms with E-state index in [0.29, 0.717) is 38.3 Å². The molecule has 1 saturated heterocycles. The number of para-hydroxylation sites is 1. The van der Waals surface area contributed by atoms with E-state index in [1.54, 1.807) is 11.0 Å². The lowest BCUT2D eigenvalue weighted by molar-refractivity contribution is 0.208. The molecule has 0 radical (unpaired) electrons. The number of benzene rings is 2. The molecule has 1 aliphatic rings. The number of fused-ring (bicyclic) bond motifs is 1. The van der Waals surface area contributed by atoms with Gasteiger partial charge < -0.3 is 19.9 Å². The Balaban J connectivity index is 1.35. The molecule has 1 aromatic heterocycles. The number of hydrogen-bond donors (Lipinski definition) is 1. The molecular weight excluding hydrogens is 379 g/mol. The van der Waals surface area contributed by atoms with E-state index in [2.05, 4.69) is 15.2 Å². The van der Waals surface area contributed by atoms with Crippen molar-refractivity contribution in [2.75, 3.05) is 43.0 Å². The average Bonchev–Trinajstić information content (AvgIpc) is 3.16. The number of carbonyl (C=O) groups excluding carboxylic acids is 1. The summed E-state index contributed by atoms with van der Waals surface area (Å²) in [7, 11) is 0. The largest absolute Gasteiger partial charge is 0.494 e. The smallest absolute Gasteiger partial charge is 0.321 e. The fourth-order valence-electron chi connectivity index (χ4n) is 3.14. The Labute approximate surface area is 166 Å². The summed E-state index contributed by atoms with van der Waals surface area (Å²) in [6.45, 7) is 5.04. The zero-order chi connectivity index (χ0) is 19.5. The fourth-order valence-corrected chi connectivity index (χ4v) is 4.17. The van der Waals surface area contributed by atoms with Crippen LogP contribution < -0.4 is 15.0 Å². The Bertz CT molecular complexity index is 968. The number of halogens is 1. The predicted molar refractivity (Wildman–Crippen MR) is 110 cm³/mol. The highest BCUT2D eigenvalue weighted by molar-refractivity contribution is 7.22. The van der Waals surface area contributed by atoms with Crippen LogP contribution in [0, 0.1) is 5.82 Å². The van der Waals surface area contributed by atoms with Crippen LogP contribution in [-0.4, -0.2) is 48.7 Å². The lowest BCUT2D eigenvalue weighted by Gasteiger charge is -2.34. The van der Waals surface area contributed by atoms with Crippen LogP contribution in [0.4, 0.5) is 20.0 Å². The summed E-state index contributed by atoms with van der Waals surface area (Å²) in [5, 5.41) is 3.71. The molecule has 8 heteroatoms. The molecule has 2 aromatic carbocycles. The third kappa shape index (κ3) is 3.87. The second-order valence-corrected chi connectivity index (χ2v) is 7.45. The predicted octanol–water partition coefficient (Wildman–Crippen LogP) is 4.19. The van der Waals surface area contributed by atoms with Gasteiger partial charge in [0.2, 0.25) is 0 Å². The Kier molecular flexibility index (Phi) is 5.29. The molecular formula is C20H21FN4O2S. The molecule has 6 nitrogen and oxygen atoms in total. The van der Waals surface area contributed by atoms with Crippen molar-refractivity contribution in [2.45, 2.75) is 6.92 Å². The Morgan fingerprint density at radius 3 is 2.61 bits per heavy atom. The van der Waals surface area contributed by atoms with Crippen molar-refractivity contribution < 1.29 is 13.9 Å². The van der Waals surface area contributed by atoms with Crippen LogP contribution in [0.15, 0.2) is 42.5 Å². The van der Waals surface area contributed by atoms with Gasteiger partial charge in [-0.15, -0.1) is 0 Å². The molecule has 146 valence electrons. The summed E-state index contributed by atoms with van der Waals surface area (Å²) in [6.07, 6.45) is 0. The molecule has 0 unspecified atom stereocenters. The minimum absolute atomic E-state index is 0.126. The zero-order valence-electron chi connectivity index (χ0n) is 15.5. The molecule has 0 bridgehead atoms. The van der Waals surface area contributed by atoms with Gasteiger partial charge in [0.25, 0.3) is 0 Å². The first-order chi connectivity index (χ1) is 13.6. The highest BCUT2D eigenvalue weighted by Crippen LogP contribution is 2.30. The minimum Gasteiger partial charge on any atom is -0.494 e. The highest BCUT2D eigenvalue weighted by atomic mass is 32.1. The Morgan fingerprint density at radius 1 is 1.18 bits per heavy atom. The number of urea groups is 1. The van der Waals surface area contributed by atoms with Gasteiger partial charge >= 0.3 is 6.03 Å². The molecule has 2 heterocycles. The normalized spacial score (nSPS) is 14.4. The number of carbonyl (C=O) groups is 1. The first-order valence-corrected chi connectivity index (χ1v) is 10.0. The van der Waals surface area contributed by atoms with Crippen molar-refractivity contribution >= 4 is 38.4 Å². The van der Waals surface area contributed by atoms with Gasteiger partial charge in [0.15, 0.2) is 5.13 Å². The first-order valence-electron chi connectivity index (χ1n) is 9.23. The number of nitrogens with one attached hydrogen (secondary N) is 1. The monoisotopic (exact) mass is 400 g/mol. The summed E-state index contributed by atoms with van der Waals surface area (Å²) < 4.78 is 20.1. The lowest BCUT2D eigenvalue weighted by Crippen LogP contribution is -2.50. The molecule has 0 aliphatic carbocycles. The van der Waals surface area contributed by atoms with Gasteiger partial charge in [-0.2, -0.15) is 0 Å². The number of anilines is 2. The van der Waals surface area contributed by atoms with Crippen LogP contribution in [0.25, 0.3) is 10.2 Å². The number of aromatic nitrogens is 1. The van der Waals surface area contributed by atoms with Crippen molar-refractivity contribution in [1.82, 2.24) is 9.88 Å². The number of thiazole rings is 1. The molecule has 3 aromatic rings. The summed E-state index contributed by atoms with van der Waals surface area (Å²) >= 11 is 1.48. The third-order valence-corrected chi connectivity index (χ3v) is 5.69. The topological polar surface area (TPSA) is 57.7 Å². The van der Waals surface area contributed by atoms with Gasteiger partial charge in [0.1, 0.15) is 17.1 Å². The molecule has 2 amide bonds. The molecule has 1 fully saturated rings. The van der Waals surface area contributed by atoms with E-state index in [-0.39, 0.29) is 11.8 Å². The van der Waals surface area contributed by atoms with Crippen LogP contribution in [0.2, 0.25) is 0 Å². The van der Waals surface area contributed by atoms with E-state index < -0.39 is 0 Å². The zero-order valence-corrected chi connectivity index (χ0v) is 16.3. The number of amides is 2. The van der Waals surface area contributed by atoms with Crippen molar-refractivity contribution in [1.29, 1.82) is 0 Å². The van der Waals surface area contributed by atoms with Crippen LogP contribution in [0.3, 0.4) is 0 Å². The summed E-state index contributed by atoms with van der Waals surface area (Å²) in [5.41, 5.74) is 1.15. The summed E-state index contributed by atoms with van der Waals surface area (Å²) in [5.74, 6) is 0.481. The van der Waals surface area contributed by atoms with Crippen LogP contribution >= 0.6 is 11.3 Å². The maximum Gasteiger partial charge on any atom is 0.321 e. The van der Waals surface area contributed by atoms with E-state index in [1.807, 2.05) is 37.3 Å². The number of ether oxygens (including phenoxy) is 1. The SMILES string of the molecule is CCOc1ccc(NC(=O)N2CCN(c3nc4c(F)cccc4s3)CC2)cc1. The van der Waals surface area contributed by atoms with E-state index in [4.69, 9.17) is 4.74 Å². The van der Waals surface area contributed by atoms with Gasteiger partial charge in [-0.3, -0.25) is 0 Å². The van der Waals surface area contributed by atoms with Crippen LogP contribution in [0.1, 0.15) is 6.92 Å². The summed E-state index contributed by atoms with van der Waals surface area (Å²) in [4.78, 5) is 20.8. The van der Waals surface area contributed by atoms with Gasteiger partial charge in [-0.25, -0.2) is 14.2 Å². The molecule has 28 heavy (non-hydrogen) atoms. The highest BCUT2D eigenvalue weighted by Gasteiger charge is 2.23. The number of piperazine rings is 1. The van der Waals surface area contributed by atoms with Gasteiger partial charge in [0.05, 0.1) is 11.3 Å². The van der Waals surface area contributed by atoms with E-state index in [1.165, 1.54) is 17.4 Å². The average molecular weight is 400 g/mol. The number of rotatable bonds is 4. The van der Waals surface area contributed by atoms with E-state index >= 15 is 0 Å². The number of hydrogen-bond acceptors (Lipinski definition) is 5. The van der Waals surface area contributed by atoms with Gasteiger partial charge in [-0.05, 0) is 43.3 Å². The van der Waals surface area contributed by atoms with E-state index in [0.717, 1.165) is 21.3 Å². The quantitative estimate of drug-likeness (QED) is 0.714. The third-order valence-electron chi connectivity index (χ3n) is 4.61. The van der Waals surface area contributed by atoms with Gasteiger partial charge in [0, 0.05) is 31.9 Å². The molecule has 1 aliphatic heterocycles. The molecule has 1 N–H and O–H groups in total. The Morgan fingerprint density at radius 2 is 1.93 bits per heavy atom. The van der Waals surface area contributed by atoms with Crippen molar-refractivity contribution in [3.8, 4) is 5.75 Å². The van der Waals surface area contributed by atoms with Crippen LogP contribution in [0.5, 0.6) is 5.75 Å². The first kappa shape index (κ1) is 18.5. The fraction of sp³-hybridized carbons (Fsp3) is 0.300. The standard InChI is InChI=1S/C20H21FN4O2S/c1-2-27-15-8-6-14(7-9-15)22-19(26)24-10-12-25(13-11-24)20-23-18-16(21)4-3-5-17(18)28-20/h3-9H,2,10-13H2,1H3,(H,22,26). The second kappa shape index (κ2) is 8.02. The van der Waals surface area contributed by atoms with Crippen LogP contribution in [-0.2, 0) is 0 Å². The van der Waals surface area contributed by atoms with Crippen molar-refractivity contribution in [3.63, 3.8) is 0 Å². The Hall–Kier alpha value is -2.87. The molecule has 4 rings (SSSR count). The second-order valence-electron chi connectivity index (χ2n) is 6.44. The maximum absolute atomic E-state index is 13.9. The molecule has 0 saturated carbocycles. The number of nitrogens with zero attached hydrogens (tertiary/aromatic N) is 3. The summed E-state index contributed by atoms with van der Waals surface area (Å²) in [6, 6.07) is 12.2. The van der Waals surface area contributed by atoms with Crippen molar-refractivity contribution in [2.24, 2.45) is 0 Å². The van der Waals surface area contributed by atoms with E-state index in [9.17, 15) is 9.18 Å².